The number of ether oxygens (including phenoxy) is 2. The fourth-order valence-electron chi connectivity index (χ4n) is 2.91. The zero-order valence-electron chi connectivity index (χ0n) is 18.0. The molecule has 3 rings (SSSR count). The van der Waals surface area contributed by atoms with Gasteiger partial charge in [0.15, 0.2) is 0 Å². The Labute approximate surface area is 188 Å². The van der Waals surface area contributed by atoms with Crippen LogP contribution in [0.1, 0.15) is 43.3 Å². The monoisotopic (exact) mass is 464 g/mol. The highest BCUT2D eigenvalue weighted by molar-refractivity contribution is 7.71. The zero-order valence-corrected chi connectivity index (χ0v) is 18.8. The minimum atomic E-state index is -4.69. The van der Waals surface area contributed by atoms with E-state index in [2.05, 4.69) is 36.1 Å². The van der Waals surface area contributed by atoms with Gasteiger partial charge in [-0.1, -0.05) is 32.9 Å². The van der Waals surface area contributed by atoms with Crippen LogP contribution in [-0.4, -0.2) is 28.2 Å². The fourth-order valence-corrected chi connectivity index (χ4v) is 3.09. The number of benzene rings is 2. The van der Waals surface area contributed by atoms with Crippen molar-refractivity contribution in [2.24, 2.45) is 5.10 Å². The maximum Gasteiger partial charge on any atom is 0.453 e. The largest absolute Gasteiger partial charge is 0.496 e. The number of rotatable bonds is 6. The van der Waals surface area contributed by atoms with E-state index in [0.717, 1.165) is 0 Å². The number of nitrogens with zero attached hydrogens (tertiary/aromatic N) is 3. The third-order valence-electron chi connectivity index (χ3n) is 4.65. The second-order valence-electron chi connectivity index (χ2n) is 8.04. The molecule has 0 aliphatic heterocycles. The molecule has 0 fully saturated rings. The maximum atomic E-state index is 13.0. The van der Waals surface area contributed by atoms with Crippen LogP contribution in [0, 0.1) is 4.77 Å². The molecule has 6 nitrogen and oxygen atoms in total. The van der Waals surface area contributed by atoms with Gasteiger partial charge < -0.3 is 9.47 Å². The Morgan fingerprint density at radius 2 is 1.81 bits per heavy atom. The molecule has 1 aromatic heterocycles. The first-order valence-electron chi connectivity index (χ1n) is 9.68. The molecular weight excluding hydrogens is 441 g/mol. The molecule has 0 bridgehead atoms. The van der Waals surface area contributed by atoms with Gasteiger partial charge in [-0.15, -0.1) is 5.10 Å². The van der Waals surface area contributed by atoms with E-state index in [9.17, 15) is 13.2 Å². The predicted octanol–water partition coefficient (Wildman–Crippen LogP) is 5.73. The minimum absolute atomic E-state index is 0.0410. The van der Waals surface area contributed by atoms with Crippen LogP contribution < -0.4 is 9.47 Å². The molecule has 0 aliphatic rings. The summed E-state index contributed by atoms with van der Waals surface area (Å²) in [6.45, 7) is 6.61. The summed E-state index contributed by atoms with van der Waals surface area (Å²) < 4.78 is 50.7. The zero-order chi connectivity index (χ0) is 23.5. The topological polar surface area (TPSA) is 64.4 Å². The molecule has 0 saturated heterocycles. The summed E-state index contributed by atoms with van der Waals surface area (Å²) in [5.74, 6) is 0.0533. The summed E-state index contributed by atoms with van der Waals surface area (Å²) in [6.07, 6.45) is -3.42. The number of methoxy groups -OCH3 is 1. The van der Waals surface area contributed by atoms with Crippen LogP contribution in [0.2, 0.25) is 0 Å². The van der Waals surface area contributed by atoms with Crippen molar-refractivity contribution in [2.75, 3.05) is 7.11 Å². The van der Waals surface area contributed by atoms with Crippen molar-refractivity contribution in [1.29, 1.82) is 0 Å². The van der Waals surface area contributed by atoms with Gasteiger partial charge >= 0.3 is 6.18 Å². The minimum Gasteiger partial charge on any atom is -0.496 e. The number of aromatic nitrogens is 3. The van der Waals surface area contributed by atoms with Gasteiger partial charge in [0, 0.05) is 5.56 Å². The molecule has 2 aromatic carbocycles. The van der Waals surface area contributed by atoms with Crippen LogP contribution in [0.15, 0.2) is 47.6 Å². The molecule has 1 heterocycles. The molecule has 170 valence electrons. The number of alkyl halides is 3. The lowest BCUT2D eigenvalue weighted by Gasteiger charge is -2.19. The number of hydrogen-bond donors (Lipinski definition) is 1. The first-order chi connectivity index (χ1) is 15.0. The van der Waals surface area contributed by atoms with Gasteiger partial charge in [-0.05, 0) is 59.1 Å². The second-order valence-corrected chi connectivity index (χ2v) is 8.43. The van der Waals surface area contributed by atoms with Crippen LogP contribution in [0.3, 0.4) is 0 Å². The molecule has 3 aromatic rings. The average molecular weight is 465 g/mol. The Morgan fingerprint density at radius 3 is 2.41 bits per heavy atom. The van der Waals surface area contributed by atoms with E-state index in [0.29, 0.717) is 27.3 Å². The van der Waals surface area contributed by atoms with Crippen LogP contribution in [-0.2, 0) is 18.2 Å². The number of H-pyrrole nitrogens is 1. The van der Waals surface area contributed by atoms with Gasteiger partial charge in [0.2, 0.25) is 4.77 Å². The first kappa shape index (κ1) is 23.5. The predicted molar refractivity (Wildman–Crippen MR) is 118 cm³/mol. The molecule has 0 unspecified atom stereocenters. The highest BCUT2D eigenvalue weighted by atomic mass is 32.1. The van der Waals surface area contributed by atoms with Crippen molar-refractivity contribution in [3.8, 4) is 11.5 Å². The number of aromatic amines is 1. The maximum absolute atomic E-state index is 13.0. The third-order valence-corrected chi connectivity index (χ3v) is 4.91. The van der Waals surface area contributed by atoms with Crippen LogP contribution in [0.4, 0.5) is 13.2 Å². The smallest absolute Gasteiger partial charge is 0.453 e. The van der Waals surface area contributed by atoms with Crippen molar-refractivity contribution >= 4 is 18.4 Å². The highest BCUT2D eigenvalue weighted by Crippen LogP contribution is 2.28. The molecule has 0 saturated carbocycles. The van der Waals surface area contributed by atoms with Gasteiger partial charge in [-0.25, -0.2) is 5.10 Å². The molecule has 1 N–H and O–H groups in total. The Balaban J connectivity index is 1.80. The van der Waals surface area contributed by atoms with E-state index in [-0.39, 0.29) is 16.8 Å². The number of hydrogen-bond acceptors (Lipinski definition) is 5. The van der Waals surface area contributed by atoms with Crippen LogP contribution in [0.25, 0.3) is 0 Å². The van der Waals surface area contributed by atoms with Gasteiger partial charge in [0.25, 0.3) is 5.82 Å². The molecule has 0 aliphatic carbocycles. The van der Waals surface area contributed by atoms with Crippen molar-refractivity contribution in [3.05, 3.63) is 69.8 Å². The number of halogens is 3. The molecule has 0 radical (unpaired) electrons. The first-order valence-corrected chi connectivity index (χ1v) is 10.1. The lowest BCUT2D eigenvalue weighted by molar-refractivity contribution is -0.147. The Morgan fingerprint density at radius 1 is 1.12 bits per heavy atom. The summed E-state index contributed by atoms with van der Waals surface area (Å²) in [6, 6.07) is 12.9. The fraction of sp³-hybridized carbons (Fsp3) is 0.318. The number of nitrogens with one attached hydrogen (secondary N) is 1. The SMILES string of the molecule is COc1ccc(C=Nn2c(C(F)(F)F)n[nH]c2=S)cc1COc1ccc(C(C)(C)C)cc1. The standard InChI is InChI=1S/C22H23F3N4O2S/c1-21(2,3)16-6-8-17(9-7-16)31-13-15-11-14(5-10-18(15)30-4)12-26-29-19(22(23,24)25)27-28-20(29)32/h5-12H,13H2,1-4H3,(H,28,32). The Bertz CT molecular complexity index is 1160. The normalized spacial score (nSPS) is 12.3. The van der Waals surface area contributed by atoms with Crippen LogP contribution in [0.5, 0.6) is 11.5 Å². The summed E-state index contributed by atoms with van der Waals surface area (Å²) >= 11 is 4.84. The Hall–Kier alpha value is -3.14. The lowest BCUT2D eigenvalue weighted by atomic mass is 9.87. The summed E-state index contributed by atoms with van der Waals surface area (Å²) in [5, 5.41) is 9.14. The van der Waals surface area contributed by atoms with Crippen LogP contribution >= 0.6 is 12.2 Å². The molecule has 0 amide bonds. The summed E-state index contributed by atoms with van der Waals surface area (Å²) in [4.78, 5) is 0. The highest BCUT2D eigenvalue weighted by Gasteiger charge is 2.37. The van der Waals surface area contributed by atoms with Crippen molar-refractivity contribution in [3.63, 3.8) is 0 Å². The molecule has 0 atom stereocenters. The molecular formula is C22H23F3N4O2S. The van der Waals surface area contributed by atoms with Crippen molar-refractivity contribution < 1.29 is 22.6 Å². The second kappa shape index (κ2) is 9.15. The van der Waals surface area contributed by atoms with E-state index in [4.69, 9.17) is 21.7 Å². The van der Waals surface area contributed by atoms with E-state index in [1.165, 1.54) is 18.9 Å². The quantitative estimate of drug-likeness (QED) is 0.374. The van der Waals surface area contributed by atoms with E-state index >= 15 is 0 Å². The molecule has 32 heavy (non-hydrogen) atoms. The van der Waals surface area contributed by atoms with E-state index in [1.807, 2.05) is 24.3 Å². The third kappa shape index (κ3) is 5.56. The van der Waals surface area contributed by atoms with Crippen molar-refractivity contribution in [1.82, 2.24) is 14.9 Å². The Kier molecular flexibility index (Phi) is 6.73. The van der Waals surface area contributed by atoms with E-state index < -0.39 is 12.0 Å². The van der Waals surface area contributed by atoms with E-state index in [1.54, 1.807) is 18.2 Å². The van der Waals surface area contributed by atoms with Gasteiger partial charge in [-0.2, -0.15) is 22.9 Å². The van der Waals surface area contributed by atoms with Gasteiger partial charge in [0.1, 0.15) is 18.1 Å². The molecule has 0 spiro atoms. The summed E-state index contributed by atoms with van der Waals surface area (Å²) in [5.41, 5.74) is 2.49. The lowest BCUT2D eigenvalue weighted by Crippen LogP contribution is -2.12. The molecule has 10 heteroatoms. The van der Waals surface area contributed by atoms with Gasteiger partial charge in [-0.3, -0.25) is 0 Å². The average Bonchev–Trinajstić information content (AvgIpc) is 3.11. The van der Waals surface area contributed by atoms with Gasteiger partial charge in [0.05, 0.1) is 13.3 Å². The summed E-state index contributed by atoms with van der Waals surface area (Å²) in [7, 11) is 1.53. The van der Waals surface area contributed by atoms with Crippen molar-refractivity contribution in [2.45, 2.75) is 39.0 Å².